The molecule has 1 aromatic heterocycles. The Morgan fingerprint density at radius 1 is 0.290 bits per heavy atom. The molecule has 0 spiro atoms. The maximum absolute atomic E-state index is 6.52. The van der Waals surface area contributed by atoms with Gasteiger partial charge >= 0.3 is 562 Å². The average Bonchev–Trinajstić information content (AvgIpc) is 1.64. The molecule has 10 aromatic carbocycles. The normalized spacial score (nSPS) is 15.0. The zero-order valence-electron chi connectivity index (χ0n) is 55.7. The molecule has 466 valence electrons. The van der Waals surface area contributed by atoms with Gasteiger partial charge in [-0.15, -0.1) is 0 Å². The first-order valence-corrected chi connectivity index (χ1v) is 35.5. The first-order valence-electron chi connectivity index (χ1n) is 33.2. The van der Waals surface area contributed by atoms with Gasteiger partial charge in [-0.3, -0.25) is 0 Å². The Morgan fingerprint density at radius 2 is 0.581 bits per heavy atom. The van der Waals surface area contributed by atoms with Gasteiger partial charge in [0, 0.05) is 0 Å². The second-order valence-corrected chi connectivity index (χ2v) is 32.7. The van der Waals surface area contributed by atoms with Crippen LogP contribution in [0, 0.1) is 0 Å². The standard InChI is InChI=1S/C86H81N5O.Pt/c1-83(2,3)68-52-69(84(4,5)6)78-61-43-35-57(36-44-61)31-32-59-39-47-63(48-40-59)80-71(86(10,11)12)53-70(85(7,8)9)79-62-45-37-58(38-46-62)30-29-56-33-41-60(42-34-56)77(68)81(78)89-54-87(72-24-13-15-26-74(72)89)64-20-17-22-66(50-64)91(76-28-19-49-92-76)67-23-18-21-65(51-67)88-55-90(82(79)80)75-27-16-14-25-73(75)88;/h13-28,33-53H,29-32H2,1-12H3;. The van der Waals surface area contributed by atoms with E-state index in [2.05, 4.69) is 320 Å². The predicted octanol–water partition coefficient (Wildman–Crippen LogP) is 22.7. The van der Waals surface area contributed by atoms with E-state index in [1.54, 1.807) is 6.26 Å². The fraction of sp³-hybridized carbons (Fsp3) is 0.233. The van der Waals surface area contributed by atoms with E-state index in [0.29, 0.717) is 0 Å². The number of fused-ring (bicyclic) bond motifs is 14. The van der Waals surface area contributed by atoms with Gasteiger partial charge in [-0.05, 0) is 0 Å². The van der Waals surface area contributed by atoms with Crippen LogP contribution >= 0.6 is 0 Å². The van der Waals surface area contributed by atoms with Gasteiger partial charge in [-0.25, -0.2) is 0 Å². The fourth-order valence-corrected chi connectivity index (χ4v) is 18.6. The second-order valence-electron chi connectivity index (χ2n) is 30.1. The van der Waals surface area contributed by atoms with Gasteiger partial charge < -0.3 is 0 Å². The van der Waals surface area contributed by atoms with E-state index in [-0.39, 0.29) is 21.7 Å². The Bertz CT molecular complexity index is 4410. The summed E-state index contributed by atoms with van der Waals surface area (Å²) in [5, 5.41) is 0. The van der Waals surface area contributed by atoms with Gasteiger partial charge in [0.15, 0.2) is 0 Å². The first kappa shape index (κ1) is 59.0. The van der Waals surface area contributed by atoms with Crippen LogP contribution in [-0.2, 0) is 65.0 Å². The summed E-state index contributed by atoms with van der Waals surface area (Å²) >= 11 is -1.38. The maximum atomic E-state index is 6.52. The molecule has 0 fully saturated rings. The summed E-state index contributed by atoms with van der Waals surface area (Å²) in [7, 11) is 0. The predicted molar refractivity (Wildman–Crippen MR) is 389 cm³/mol. The first-order chi connectivity index (χ1) is 44.7. The van der Waals surface area contributed by atoms with Gasteiger partial charge in [0.1, 0.15) is 0 Å². The molecule has 16 bridgehead atoms. The Balaban J connectivity index is 1.20. The molecule has 0 aliphatic carbocycles. The van der Waals surface area contributed by atoms with Crippen LogP contribution in [0.4, 0.5) is 62.8 Å². The zero-order chi connectivity index (χ0) is 64.0. The molecular formula is C86H81N5OPt. The van der Waals surface area contributed by atoms with Crippen molar-refractivity contribution in [1.29, 1.82) is 0 Å². The fourth-order valence-electron chi connectivity index (χ4n) is 14.9. The topological polar surface area (TPSA) is 29.3 Å². The van der Waals surface area contributed by atoms with E-state index in [9.17, 15) is 0 Å². The molecule has 9 aliphatic rings. The molecule has 0 unspecified atom stereocenters. The van der Waals surface area contributed by atoms with Crippen LogP contribution in [0.25, 0.3) is 44.5 Å². The molecule has 9 aliphatic heterocycles. The number of para-hydroxylation sites is 4. The third kappa shape index (κ3) is 9.92. The molecule has 6 nitrogen and oxygen atoms in total. The Kier molecular flexibility index (Phi) is 13.8. The van der Waals surface area contributed by atoms with Crippen LogP contribution < -0.4 is 24.5 Å². The number of furan rings is 1. The Morgan fingerprint density at radius 3 is 0.860 bits per heavy atom. The second kappa shape index (κ2) is 21.8. The third-order valence-electron chi connectivity index (χ3n) is 19.6. The zero-order valence-corrected chi connectivity index (χ0v) is 57.9. The van der Waals surface area contributed by atoms with Crippen LogP contribution in [0.3, 0.4) is 0 Å². The van der Waals surface area contributed by atoms with Crippen molar-refractivity contribution in [3.8, 4) is 44.5 Å². The van der Waals surface area contributed by atoms with E-state index in [0.717, 1.165) is 77.1 Å². The summed E-state index contributed by atoms with van der Waals surface area (Å²) in [6.07, 6.45) is 5.48. The number of rotatable bonds is 1. The van der Waals surface area contributed by atoms with Gasteiger partial charge in [-0.2, -0.15) is 0 Å². The minimum absolute atomic E-state index is 0.277. The minimum atomic E-state index is -1.38. The van der Waals surface area contributed by atoms with Crippen molar-refractivity contribution < 1.29 is 22.1 Å². The summed E-state index contributed by atoms with van der Waals surface area (Å²) < 4.78 is 8.97. The van der Waals surface area contributed by atoms with Crippen LogP contribution in [0.15, 0.2) is 229 Å². The van der Waals surface area contributed by atoms with E-state index in [4.69, 9.17) is 4.42 Å². The summed E-state index contributed by atoms with van der Waals surface area (Å²) in [5.41, 5.74) is 30.5. The van der Waals surface area contributed by atoms with E-state index in [1.807, 2.05) is 6.07 Å². The molecule has 0 amide bonds. The monoisotopic (exact) mass is 1390 g/mol. The average molecular weight is 1400 g/mol. The number of hydrogen-bond acceptors (Lipinski definition) is 6. The van der Waals surface area contributed by atoms with Crippen molar-refractivity contribution in [3.05, 3.63) is 269 Å². The van der Waals surface area contributed by atoms with E-state index >= 15 is 0 Å². The number of benzene rings is 10. The van der Waals surface area contributed by atoms with Gasteiger partial charge in [-0.1, -0.05) is 0 Å². The van der Waals surface area contributed by atoms with Crippen molar-refractivity contribution >= 4 is 71.0 Å². The number of aryl methyl sites for hydroxylation is 4. The van der Waals surface area contributed by atoms with Gasteiger partial charge in [0.2, 0.25) is 0 Å². The third-order valence-corrected chi connectivity index (χ3v) is 22.7. The summed E-state index contributed by atoms with van der Waals surface area (Å²) in [5.74, 6) is 0.738. The molecule has 20 rings (SSSR count). The molecular weight excluding hydrogens is 1310 g/mol. The van der Waals surface area contributed by atoms with Crippen molar-refractivity contribution in [2.75, 3.05) is 24.5 Å². The van der Waals surface area contributed by atoms with Gasteiger partial charge in [0.25, 0.3) is 0 Å². The molecule has 0 N–H and O–H groups in total. The molecule has 93 heavy (non-hydrogen) atoms. The molecule has 11 aromatic rings. The van der Waals surface area contributed by atoms with Crippen LogP contribution in [0.5, 0.6) is 0 Å². The molecule has 0 saturated heterocycles. The van der Waals surface area contributed by atoms with Crippen molar-refractivity contribution in [2.45, 2.75) is 130 Å². The SMILES string of the molecule is CC(C)(C)c1cc(C(C)(C)C)c2c3c1-c1ccc(cc1)CCc1ccc(cc1)-c1c(C(C)(C)C)cc(C(C)(C)C)c(c1N1[C]4=[Pt]=[C]5N(c6cccc(c6)N(c6ccco6)c6cccc(c6)N4c4ccccc41)c1ccccc1N53)-c1ccc(cc1)CCc1ccc-2cc1. The van der Waals surface area contributed by atoms with Crippen molar-refractivity contribution in [1.82, 2.24) is 0 Å². The molecule has 0 saturated carbocycles. The molecule has 7 heteroatoms. The molecule has 0 atom stereocenters. The number of anilines is 11. The van der Waals surface area contributed by atoms with Crippen LogP contribution in [-0.4, -0.2) is 8.29 Å². The van der Waals surface area contributed by atoms with Crippen LogP contribution in [0.1, 0.15) is 128 Å². The van der Waals surface area contributed by atoms with Crippen molar-refractivity contribution in [3.63, 3.8) is 0 Å². The Labute approximate surface area is 558 Å². The van der Waals surface area contributed by atoms with Gasteiger partial charge in [0.05, 0.1) is 0 Å². The summed E-state index contributed by atoms with van der Waals surface area (Å²) in [6.45, 7) is 29.1. The van der Waals surface area contributed by atoms with E-state index < -0.39 is 17.6 Å². The molecule has 10 heterocycles. The quantitative estimate of drug-likeness (QED) is 0.163. The van der Waals surface area contributed by atoms with Crippen LogP contribution in [0.2, 0.25) is 0 Å². The number of hydrogen-bond donors (Lipinski definition) is 0. The van der Waals surface area contributed by atoms with E-state index in [1.165, 1.54) is 109 Å². The van der Waals surface area contributed by atoms with Crippen molar-refractivity contribution in [2.24, 2.45) is 0 Å². The summed E-state index contributed by atoms with van der Waals surface area (Å²) in [6, 6.07) is 85.2. The molecule has 0 radical (unpaired) electrons. The summed E-state index contributed by atoms with van der Waals surface area (Å²) in [4.78, 5) is 13.2. The Hall–Kier alpha value is -9.09. The number of nitrogens with zero attached hydrogens (tertiary/aromatic N) is 5.